The van der Waals surface area contributed by atoms with Crippen LogP contribution in [-0.2, 0) is 9.53 Å². The zero-order valence-electron chi connectivity index (χ0n) is 6.02. The van der Waals surface area contributed by atoms with Crippen LogP contribution < -0.4 is 0 Å². The second kappa shape index (κ2) is 4.36. The average Bonchev–Trinajstić information content (AvgIpc) is 1.83. The van der Waals surface area contributed by atoms with E-state index in [2.05, 4.69) is 6.92 Å². The Labute approximate surface area is 56.2 Å². The van der Waals surface area contributed by atoms with Crippen LogP contribution in [0.1, 0.15) is 20.3 Å². The lowest BCUT2D eigenvalue weighted by Crippen LogP contribution is -2.08. The molecule has 0 saturated carbocycles. The fourth-order valence-electron chi connectivity index (χ4n) is 0.332. The van der Waals surface area contributed by atoms with Crippen LogP contribution in [0.3, 0.4) is 0 Å². The summed E-state index contributed by atoms with van der Waals surface area (Å²) in [6, 6.07) is 0. The van der Waals surface area contributed by atoms with E-state index in [-0.39, 0.29) is 12.4 Å². The molecule has 0 fully saturated rings. The molecule has 0 N–H and O–H groups in total. The van der Waals surface area contributed by atoms with Gasteiger partial charge in [-0.25, -0.2) is 0 Å². The van der Waals surface area contributed by atoms with E-state index in [1.165, 1.54) is 0 Å². The minimum absolute atomic E-state index is 0.219. The molecule has 0 aliphatic carbocycles. The summed E-state index contributed by atoms with van der Waals surface area (Å²) in [5, 5.41) is 0. The van der Waals surface area contributed by atoms with Gasteiger partial charge in [0.25, 0.3) is 0 Å². The Bertz CT molecular complexity index is 86.9. The van der Waals surface area contributed by atoms with E-state index in [4.69, 9.17) is 4.74 Å². The Hall–Kier alpha value is -0.530. The number of esters is 1. The van der Waals surface area contributed by atoms with Gasteiger partial charge in [-0.15, -0.1) is 0 Å². The Morgan fingerprint density at radius 1 is 1.67 bits per heavy atom. The van der Waals surface area contributed by atoms with Crippen LogP contribution in [-0.4, -0.2) is 12.6 Å². The lowest BCUT2D eigenvalue weighted by molar-refractivity contribution is -0.143. The first-order valence-corrected chi connectivity index (χ1v) is 3.11. The predicted octanol–water partition coefficient (Wildman–Crippen LogP) is 1.41. The molecule has 2 nitrogen and oxygen atoms in total. The van der Waals surface area contributed by atoms with Crippen molar-refractivity contribution >= 4 is 5.97 Å². The summed E-state index contributed by atoms with van der Waals surface area (Å²) in [5.41, 5.74) is 0. The number of carbonyl (C=O) groups is 1. The monoisotopic (exact) mass is 129 g/mol. The highest BCUT2D eigenvalue weighted by Gasteiger charge is 1.98. The van der Waals surface area contributed by atoms with Crippen molar-refractivity contribution in [1.82, 2.24) is 0 Å². The second-order valence-electron chi connectivity index (χ2n) is 2.33. The van der Waals surface area contributed by atoms with Crippen molar-refractivity contribution in [3.63, 3.8) is 0 Å². The van der Waals surface area contributed by atoms with Gasteiger partial charge in [0.1, 0.15) is 0 Å². The third-order valence-electron chi connectivity index (χ3n) is 0.782. The van der Waals surface area contributed by atoms with Crippen LogP contribution in [0, 0.1) is 12.8 Å². The maximum atomic E-state index is 10.4. The Morgan fingerprint density at radius 2 is 2.22 bits per heavy atom. The normalized spacial score (nSPS) is 9.78. The minimum atomic E-state index is -0.219. The SMILES string of the molecule is [CH2]CC(=O)OCC(C)C. The highest BCUT2D eigenvalue weighted by molar-refractivity contribution is 5.69. The number of rotatable bonds is 3. The van der Waals surface area contributed by atoms with Gasteiger partial charge in [0.15, 0.2) is 0 Å². The molecule has 0 aliphatic rings. The lowest BCUT2D eigenvalue weighted by atomic mass is 10.2. The van der Waals surface area contributed by atoms with Gasteiger partial charge in [0.2, 0.25) is 0 Å². The van der Waals surface area contributed by atoms with Crippen molar-refractivity contribution in [3.05, 3.63) is 6.92 Å². The maximum absolute atomic E-state index is 10.4. The van der Waals surface area contributed by atoms with Crippen LogP contribution >= 0.6 is 0 Å². The van der Waals surface area contributed by atoms with E-state index < -0.39 is 0 Å². The van der Waals surface area contributed by atoms with Crippen LogP contribution in [0.25, 0.3) is 0 Å². The van der Waals surface area contributed by atoms with Gasteiger partial charge >= 0.3 is 5.97 Å². The molecule has 0 rings (SSSR count). The van der Waals surface area contributed by atoms with Gasteiger partial charge in [-0.1, -0.05) is 13.8 Å². The summed E-state index contributed by atoms with van der Waals surface area (Å²) in [6.45, 7) is 7.89. The summed E-state index contributed by atoms with van der Waals surface area (Å²) in [7, 11) is 0. The summed E-state index contributed by atoms with van der Waals surface area (Å²) in [4.78, 5) is 10.4. The number of hydrogen-bond donors (Lipinski definition) is 0. The van der Waals surface area contributed by atoms with E-state index in [0.29, 0.717) is 12.5 Å². The van der Waals surface area contributed by atoms with Gasteiger partial charge < -0.3 is 4.74 Å². The first-order chi connectivity index (χ1) is 4.16. The molecule has 9 heavy (non-hydrogen) atoms. The second-order valence-corrected chi connectivity index (χ2v) is 2.33. The average molecular weight is 129 g/mol. The molecule has 0 unspecified atom stereocenters. The van der Waals surface area contributed by atoms with Crippen LogP contribution in [0.4, 0.5) is 0 Å². The molecular weight excluding hydrogens is 116 g/mol. The van der Waals surface area contributed by atoms with Crippen molar-refractivity contribution in [2.24, 2.45) is 5.92 Å². The van der Waals surface area contributed by atoms with Gasteiger partial charge in [-0.05, 0) is 12.8 Å². The third kappa shape index (κ3) is 5.34. The summed E-state index contributed by atoms with van der Waals surface area (Å²) in [5.74, 6) is 0.198. The molecule has 0 aromatic rings. The Morgan fingerprint density at radius 3 is 2.56 bits per heavy atom. The standard InChI is InChI=1S/C7H13O2/c1-4-7(8)9-5-6(2)3/h6H,1,4-5H2,2-3H3. The van der Waals surface area contributed by atoms with Crippen LogP contribution in [0.5, 0.6) is 0 Å². The molecule has 0 amide bonds. The molecule has 1 radical (unpaired) electrons. The number of hydrogen-bond acceptors (Lipinski definition) is 2. The molecule has 0 heterocycles. The topological polar surface area (TPSA) is 26.3 Å². The molecule has 2 heteroatoms. The lowest BCUT2D eigenvalue weighted by Gasteiger charge is -2.04. The van der Waals surface area contributed by atoms with Crippen molar-refractivity contribution in [2.45, 2.75) is 20.3 Å². The van der Waals surface area contributed by atoms with E-state index in [1.807, 2.05) is 13.8 Å². The fourth-order valence-corrected chi connectivity index (χ4v) is 0.332. The van der Waals surface area contributed by atoms with E-state index in [1.54, 1.807) is 0 Å². The van der Waals surface area contributed by atoms with E-state index >= 15 is 0 Å². The third-order valence-corrected chi connectivity index (χ3v) is 0.782. The summed E-state index contributed by atoms with van der Waals surface area (Å²) < 4.78 is 4.75. The molecule has 0 aromatic heterocycles. The van der Waals surface area contributed by atoms with Crippen molar-refractivity contribution < 1.29 is 9.53 Å². The fraction of sp³-hybridized carbons (Fsp3) is 0.714. The molecule has 53 valence electrons. The summed E-state index contributed by atoms with van der Waals surface area (Å²) >= 11 is 0. The van der Waals surface area contributed by atoms with Crippen molar-refractivity contribution in [1.29, 1.82) is 0 Å². The van der Waals surface area contributed by atoms with Crippen LogP contribution in [0.2, 0.25) is 0 Å². The molecular formula is C7H13O2. The number of ether oxygens (including phenoxy) is 1. The van der Waals surface area contributed by atoms with Gasteiger partial charge in [0.05, 0.1) is 6.61 Å². The maximum Gasteiger partial charge on any atom is 0.305 e. The zero-order valence-corrected chi connectivity index (χ0v) is 6.02. The Balaban J connectivity index is 3.17. The molecule has 0 spiro atoms. The van der Waals surface area contributed by atoms with Gasteiger partial charge in [-0.2, -0.15) is 0 Å². The van der Waals surface area contributed by atoms with E-state index in [9.17, 15) is 4.79 Å². The molecule has 0 aliphatic heterocycles. The van der Waals surface area contributed by atoms with E-state index in [0.717, 1.165) is 0 Å². The van der Waals surface area contributed by atoms with Crippen molar-refractivity contribution in [3.8, 4) is 0 Å². The Kier molecular flexibility index (Phi) is 4.10. The molecule has 0 saturated heterocycles. The molecule has 0 bridgehead atoms. The predicted molar refractivity (Wildman–Crippen MR) is 35.8 cm³/mol. The van der Waals surface area contributed by atoms with Gasteiger partial charge in [0, 0.05) is 6.42 Å². The smallest absolute Gasteiger partial charge is 0.305 e. The molecule has 0 atom stereocenters. The minimum Gasteiger partial charge on any atom is -0.465 e. The van der Waals surface area contributed by atoms with Gasteiger partial charge in [-0.3, -0.25) is 4.79 Å². The molecule has 0 aromatic carbocycles. The highest BCUT2D eigenvalue weighted by Crippen LogP contribution is 1.93. The van der Waals surface area contributed by atoms with Crippen LogP contribution in [0.15, 0.2) is 0 Å². The van der Waals surface area contributed by atoms with Crippen molar-refractivity contribution in [2.75, 3.05) is 6.61 Å². The first-order valence-electron chi connectivity index (χ1n) is 3.11. The summed E-state index contributed by atoms with van der Waals surface area (Å²) in [6.07, 6.45) is 0.229. The highest BCUT2D eigenvalue weighted by atomic mass is 16.5. The first kappa shape index (κ1) is 8.47. The zero-order chi connectivity index (χ0) is 7.28. The number of carbonyl (C=O) groups excluding carboxylic acids is 1. The largest absolute Gasteiger partial charge is 0.465 e. The quantitative estimate of drug-likeness (QED) is 0.538.